The van der Waals surface area contributed by atoms with Crippen molar-refractivity contribution < 1.29 is 5.11 Å². The molecule has 0 radical (unpaired) electrons. The summed E-state index contributed by atoms with van der Waals surface area (Å²) < 4.78 is 0. The molecule has 1 aliphatic heterocycles. The van der Waals surface area contributed by atoms with E-state index in [0.717, 1.165) is 44.7 Å². The average molecular weight is 300 g/mol. The largest absolute Gasteiger partial charge is 0.396 e. The normalized spacial score (nSPS) is 16.8. The molecule has 1 fully saturated rings. The molecule has 5 nitrogen and oxygen atoms in total. The summed E-state index contributed by atoms with van der Waals surface area (Å²) in [5, 5.41) is 19.7. The molecule has 0 amide bonds. The Morgan fingerprint density at radius 3 is 2.77 bits per heavy atom. The summed E-state index contributed by atoms with van der Waals surface area (Å²) in [5.41, 5.74) is 3.59. The van der Waals surface area contributed by atoms with Gasteiger partial charge in [-0.3, -0.25) is 10.00 Å². The van der Waals surface area contributed by atoms with E-state index in [9.17, 15) is 5.11 Å². The van der Waals surface area contributed by atoms with Gasteiger partial charge in [-0.2, -0.15) is 5.10 Å². The Bertz CT molecular complexity index is 562. The highest BCUT2D eigenvalue weighted by Crippen LogP contribution is 2.22. The maximum atomic E-state index is 9.23. The smallest absolute Gasteiger partial charge is 0.0567 e. The monoisotopic (exact) mass is 300 g/mol. The Kier molecular flexibility index (Phi) is 5.08. The number of benzene rings is 1. The number of piperidine rings is 1. The molecule has 3 rings (SSSR count). The number of likely N-dealkylation sites (tertiary alicyclic amines) is 1. The summed E-state index contributed by atoms with van der Waals surface area (Å²) in [5.74, 6) is 0.491. The highest BCUT2D eigenvalue weighted by molar-refractivity contribution is 5.51. The zero-order valence-corrected chi connectivity index (χ0v) is 12.8. The molecule has 0 spiro atoms. The van der Waals surface area contributed by atoms with Crippen LogP contribution >= 0.6 is 0 Å². The molecule has 1 aromatic carbocycles. The molecule has 0 atom stereocenters. The number of para-hydroxylation sites is 1. The predicted molar refractivity (Wildman–Crippen MR) is 87.4 cm³/mol. The molecule has 118 valence electrons. The minimum atomic E-state index is 0.330. The van der Waals surface area contributed by atoms with E-state index in [1.807, 2.05) is 6.07 Å². The number of aromatic nitrogens is 2. The number of nitrogens with one attached hydrogen (secondary N) is 2. The van der Waals surface area contributed by atoms with E-state index in [-0.39, 0.29) is 0 Å². The Morgan fingerprint density at radius 2 is 2.05 bits per heavy atom. The fourth-order valence-electron chi connectivity index (χ4n) is 2.97. The van der Waals surface area contributed by atoms with Gasteiger partial charge in [-0.05, 0) is 49.5 Å². The highest BCUT2D eigenvalue weighted by Gasteiger charge is 2.19. The molecule has 0 bridgehead atoms. The minimum absolute atomic E-state index is 0.330. The summed E-state index contributed by atoms with van der Waals surface area (Å²) in [6.45, 7) is 4.18. The van der Waals surface area contributed by atoms with Crippen LogP contribution < -0.4 is 5.32 Å². The molecule has 0 aliphatic carbocycles. The van der Waals surface area contributed by atoms with Crippen LogP contribution in [0.3, 0.4) is 0 Å². The lowest BCUT2D eigenvalue weighted by Gasteiger charge is -2.31. The van der Waals surface area contributed by atoms with Gasteiger partial charge < -0.3 is 10.4 Å². The number of anilines is 1. The van der Waals surface area contributed by atoms with Gasteiger partial charge in [-0.15, -0.1) is 0 Å². The van der Waals surface area contributed by atoms with E-state index >= 15 is 0 Å². The van der Waals surface area contributed by atoms with Crippen molar-refractivity contribution in [2.24, 2.45) is 5.92 Å². The summed E-state index contributed by atoms with van der Waals surface area (Å²) in [6, 6.07) is 10.5. The number of rotatable bonds is 6. The number of aromatic amines is 1. The van der Waals surface area contributed by atoms with Crippen molar-refractivity contribution >= 4 is 5.69 Å². The molecule has 0 saturated carbocycles. The van der Waals surface area contributed by atoms with E-state index in [4.69, 9.17) is 0 Å². The van der Waals surface area contributed by atoms with Crippen LogP contribution in [0.25, 0.3) is 0 Å². The van der Waals surface area contributed by atoms with Gasteiger partial charge in [-0.1, -0.05) is 18.2 Å². The van der Waals surface area contributed by atoms with Crippen molar-refractivity contribution in [1.82, 2.24) is 15.1 Å². The standard InChI is InChI=1S/C17H24N4O/c22-13-14-6-9-21(10-7-14)12-15-3-1-2-4-17(15)18-11-16-5-8-19-20-16/h1-5,8,14,18,22H,6-7,9-13H2,(H,19,20). The number of aliphatic hydroxyl groups excluding tert-OH is 1. The van der Waals surface area contributed by atoms with Gasteiger partial charge in [0.1, 0.15) is 0 Å². The Balaban J connectivity index is 1.59. The molecule has 22 heavy (non-hydrogen) atoms. The van der Waals surface area contributed by atoms with Gasteiger partial charge in [0, 0.05) is 25.0 Å². The highest BCUT2D eigenvalue weighted by atomic mass is 16.3. The van der Waals surface area contributed by atoms with Crippen LogP contribution in [0.1, 0.15) is 24.1 Å². The topological polar surface area (TPSA) is 64.2 Å². The number of nitrogens with zero attached hydrogens (tertiary/aromatic N) is 2. The third kappa shape index (κ3) is 3.87. The lowest BCUT2D eigenvalue weighted by atomic mass is 9.97. The third-order valence-electron chi connectivity index (χ3n) is 4.40. The number of hydrogen-bond acceptors (Lipinski definition) is 4. The van der Waals surface area contributed by atoms with E-state index in [1.165, 1.54) is 11.3 Å². The second-order valence-electron chi connectivity index (χ2n) is 5.99. The van der Waals surface area contributed by atoms with Crippen LogP contribution in [-0.4, -0.2) is 39.9 Å². The fraction of sp³-hybridized carbons (Fsp3) is 0.471. The van der Waals surface area contributed by atoms with Gasteiger partial charge in [0.05, 0.1) is 12.2 Å². The maximum absolute atomic E-state index is 9.23. The van der Waals surface area contributed by atoms with E-state index < -0.39 is 0 Å². The predicted octanol–water partition coefficient (Wildman–Crippen LogP) is 2.23. The molecule has 2 heterocycles. The Hall–Kier alpha value is -1.85. The van der Waals surface area contributed by atoms with Crippen LogP contribution in [0.2, 0.25) is 0 Å². The second kappa shape index (κ2) is 7.42. The van der Waals surface area contributed by atoms with Crippen molar-refractivity contribution in [3.63, 3.8) is 0 Å². The Labute approximate surface area is 131 Å². The Morgan fingerprint density at radius 1 is 1.23 bits per heavy atom. The molecule has 1 aromatic heterocycles. The molecule has 5 heteroatoms. The summed E-state index contributed by atoms with van der Waals surface area (Å²) in [4.78, 5) is 2.48. The van der Waals surface area contributed by atoms with Crippen LogP contribution in [0.4, 0.5) is 5.69 Å². The minimum Gasteiger partial charge on any atom is -0.396 e. The molecule has 3 N–H and O–H groups in total. The van der Waals surface area contributed by atoms with Crippen molar-refractivity contribution in [2.75, 3.05) is 25.0 Å². The van der Waals surface area contributed by atoms with Crippen LogP contribution in [0.5, 0.6) is 0 Å². The number of H-pyrrole nitrogens is 1. The molecule has 0 unspecified atom stereocenters. The van der Waals surface area contributed by atoms with Crippen molar-refractivity contribution in [1.29, 1.82) is 0 Å². The maximum Gasteiger partial charge on any atom is 0.0567 e. The molecular weight excluding hydrogens is 276 g/mol. The van der Waals surface area contributed by atoms with Crippen LogP contribution in [-0.2, 0) is 13.1 Å². The average Bonchev–Trinajstić information content (AvgIpc) is 3.08. The summed E-state index contributed by atoms with van der Waals surface area (Å²) in [6.07, 6.45) is 3.97. The van der Waals surface area contributed by atoms with E-state index in [0.29, 0.717) is 12.5 Å². The van der Waals surface area contributed by atoms with Gasteiger partial charge in [-0.25, -0.2) is 0 Å². The zero-order chi connectivity index (χ0) is 15.2. The first kappa shape index (κ1) is 15.1. The van der Waals surface area contributed by atoms with Crippen molar-refractivity contribution in [3.05, 3.63) is 47.8 Å². The van der Waals surface area contributed by atoms with Gasteiger partial charge in [0.15, 0.2) is 0 Å². The first-order chi connectivity index (χ1) is 10.8. The van der Waals surface area contributed by atoms with E-state index in [2.05, 4.69) is 44.7 Å². The number of aliphatic hydroxyl groups is 1. The molecule has 1 saturated heterocycles. The summed E-state index contributed by atoms with van der Waals surface area (Å²) in [7, 11) is 0. The molecular formula is C17H24N4O. The lowest BCUT2D eigenvalue weighted by molar-refractivity contribution is 0.127. The first-order valence-corrected chi connectivity index (χ1v) is 7.98. The second-order valence-corrected chi connectivity index (χ2v) is 5.99. The zero-order valence-electron chi connectivity index (χ0n) is 12.8. The van der Waals surface area contributed by atoms with Gasteiger partial charge in [0.2, 0.25) is 0 Å². The quantitative estimate of drug-likeness (QED) is 0.765. The lowest BCUT2D eigenvalue weighted by Crippen LogP contribution is -2.34. The fourth-order valence-corrected chi connectivity index (χ4v) is 2.97. The number of hydrogen-bond donors (Lipinski definition) is 3. The van der Waals surface area contributed by atoms with Crippen molar-refractivity contribution in [3.8, 4) is 0 Å². The van der Waals surface area contributed by atoms with Gasteiger partial charge in [0.25, 0.3) is 0 Å². The van der Waals surface area contributed by atoms with E-state index in [1.54, 1.807) is 6.20 Å². The van der Waals surface area contributed by atoms with Crippen molar-refractivity contribution in [2.45, 2.75) is 25.9 Å². The van der Waals surface area contributed by atoms with Crippen LogP contribution in [0, 0.1) is 5.92 Å². The first-order valence-electron chi connectivity index (χ1n) is 7.98. The molecule has 1 aliphatic rings. The van der Waals surface area contributed by atoms with Crippen LogP contribution in [0.15, 0.2) is 36.5 Å². The summed E-state index contributed by atoms with van der Waals surface area (Å²) >= 11 is 0. The third-order valence-corrected chi connectivity index (χ3v) is 4.40. The van der Waals surface area contributed by atoms with Gasteiger partial charge >= 0.3 is 0 Å². The SMILES string of the molecule is OCC1CCN(Cc2ccccc2NCc2ccn[nH]2)CC1. The molecule has 2 aromatic rings.